The maximum atomic E-state index is 10.4. The number of rotatable bonds is 3. The van der Waals surface area contributed by atoms with E-state index in [1.54, 1.807) is 0 Å². The van der Waals surface area contributed by atoms with E-state index in [1.807, 2.05) is 0 Å². The van der Waals surface area contributed by atoms with Crippen LogP contribution in [0.4, 0.5) is 13.6 Å². The fraction of sp³-hybridized carbons (Fsp3) is 0. The van der Waals surface area contributed by atoms with E-state index in [4.69, 9.17) is 0 Å². The molecule has 0 spiro atoms. The molecule has 0 radical (unpaired) electrons. The average molecular weight is 184 g/mol. The molecular weight excluding hydrogens is 179 g/mol. The molecule has 0 aliphatic heterocycles. The normalized spacial score (nSPS) is 6.70. The van der Waals surface area contributed by atoms with E-state index in [0.29, 0.717) is 0 Å². The second kappa shape index (κ2) is 16.6. The monoisotopic (exact) mass is 184 g/mol. The van der Waals surface area contributed by atoms with Crippen LogP contribution in [0.3, 0.4) is 0 Å². The second-order valence-electron chi connectivity index (χ2n) is 0.556. The summed E-state index contributed by atoms with van der Waals surface area (Å²) in [7, 11) is -2.51. The molecule has 0 saturated carbocycles. The van der Waals surface area contributed by atoms with Crippen LogP contribution < -0.4 is 0 Å². The van der Waals surface area contributed by atoms with Gasteiger partial charge in [0.1, 0.15) is 0 Å². The van der Waals surface area contributed by atoms with Gasteiger partial charge in [-0.2, -0.15) is 14.6 Å². The van der Waals surface area contributed by atoms with Crippen LogP contribution in [0.25, 0.3) is 0 Å². The van der Waals surface area contributed by atoms with Crippen molar-refractivity contribution in [2.24, 2.45) is 0 Å². The summed E-state index contributed by atoms with van der Waals surface area (Å²) in [5.74, 6) is 0. The van der Waals surface area contributed by atoms with Crippen molar-refractivity contribution in [3.63, 3.8) is 0 Å². The van der Waals surface area contributed by atoms with Crippen LogP contribution in [0, 0.1) is 0 Å². The molecule has 0 bridgehead atoms. The third-order valence-corrected chi connectivity index (χ3v) is 0.218. The molecule has 0 aromatic rings. The van der Waals surface area contributed by atoms with Gasteiger partial charge in [-0.15, -0.1) is 13.2 Å². The van der Waals surface area contributed by atoms with Gasteiger partial charge in [0.25, 0.3) is 0 Å². The molecule has 0 aromatic carbocycles. The summed E-state index contributed by atoms with van der Waals surface area (Å²) >= 11 is 0. The Bertz CT molecular complexity index is 51.5. The molecule has 3 nitrogen and oxygen atoms in total. The van der Waals surface area contributed by atoms with Gasteiger partial charge in [0.15, 0.2) is 0 Å². The van der Waals surface area contributed by atoms with E-state index in [1.165, 1.54) is 0 Å². The molecule has 56 valence electrons. The molecule has 10 heavy (non-hydrogen) atoms. The fourth-order valence-electron chi connectivity index (χ4n) is 0.0412. The summed E-state index contributed by atoms with van der Waals surface area (Å²) in [6, 6.07) is 0. The second-order valence-corrected chi connectivity index (χ2v) is 0.556. The minimum absolute atomic E-state index is 0. The quantitative estimate of drug-likeness (QED) is 0.480. The Hall–Kier alpha value is 1.11. The van der Waals surface area contributed by atoms with Gasteiger partial charge in [-0.05, 0) is 0 Å². The average Bonchev–Trinajstić information content (AvgIpc) is 1.96. The van der Waals surface area contributed by atoms with E-state index in [0.717, 1.165) is 0 Å². The molecule has 0 atom stereocenters. The molecule has 0 amide bonds. The van der Waals surface area contributed by atoms with E-state index in [2.05, 4.69) is 27.7 Å². The molecule has 0 N–H and O–H groups in total. The summed E-state index contributed by atoms with van der Waals surface area (Å²) < 4.78 is 31.3. The van der Waals surface area contributed by atoms with E-state index < -0.39 is 7.32 Å². The Kier molecular flexibility index (Phi) is 28.7. The summed E-state index contributed by atoms with van der Waals surface area (Å²) in [6.45, 7) is 6.00. The first kappa shape index (κ1) is 17.3. The van der Waals surface area contributed by atoms with E-state index >= 15 is 0 Å². The minimum atomic E-state index is -2.51. The zero-order valence-electron chi connectivity index (χ0n) is 4.35. The van der Waals surface area contributed by atoms with Crippen LogP contribution in [-0.2, 0) is 14.6 Å². The van der Waals surface area contributed by atoms with Crippen LogP contribution >= 0.6 is 0 Å². The molecular formula is C2H5BF3KO3. The topological polar surface area (TPSA) is 27.7 Å². The standard InChI is InChI=1S/C2H4.BF3O3.K.H/c1-2;2-5-1(6-3)7-4;;/h1-2H2;;;. The van der Waals surface area contributed by atoms with E-state index in [-0.39, 0.29) is 51.4 Å². The van der Waals surface area contributed by atoms with Crippen LogP contribution in [0.2, 0.25) is 0 Å². The SMILES string of the molecule is C=C.FOB(OF)OF.[KH]. The van der Waals surface area contributed by atoms with Crippen molar-refractivity contribution in [3.05, 3.63) is 13.2 Å². The third kappa shape index (κ3) is 11.9. The number of halogens is 3. The summed E-state index contributed by atoms with van der Waals surface area (Å²) in [4.78, 5) is 7.06. The summed E-state index contributed by atoms with van der Waals surface area (Å²) in [6.07, 6.45) is 0. The van der Waals surface area contributed by atoms with Gasteiger partial charge in [0.05, 0.1) is 0 Å². The summed E-state index contributed by atoms with van der Waals surface area (Å²) in [5, 5.41) is 0. The molecule has 0 aromatic heterocycles. The molecule has 0 unspecified atom stereocenters. The van der Waals surface area contributed by atoms with Crippen molar-refractivity contribution in [2.75, 3.05) is 0 Å². The molecule has 0 rings (SSSR count). The van der Waals surface area contributed by atoms with Gasteiger partial charge in [-0.25, -0.2) is 0 Å². The summed E-state index contributed by atoms with van der Waals surface area (Å²) in [5.41, 5.74) is 0. The third-order valence-electron chi connectivity index (χ3n) is 0.218. The Morgan fingerprint density at radius 3 is 1.10 bits per heavy atom. The van der Waals surface area contributed by atoms with Gasteiger partial charge >= 0.3 is 58.7 Å². The van der Waals surface area contributed by atoms with Crippen LogP contribution in [0.5, 0.6) is 0 Å². The zero-order chi connectivity index (χ0) is 7.70. The van der Waals surface area contributed by atoms with E-state index in [9.17, 15) is 13.6 Å². The zero-order valence-corrected chi connectivity index (χ0v) is 4.35. The first-order valence-electron chi connectivity index (χ1n) is 1.67. The first-order chi connectivity index (χ1) is 4.35. The molecule has 0 saturated heterocycles. The van der Waals surface area contributed by atoms with Crippen LogP contribution in [-0.4, -0.2) is 58.7 Å². The van der Waals surface area contributed by atoms with Gasteiger partial charge < -0.3 is 0 Å². The Morgan fingerprint density at radius 1 is 0.900 bits per heavy atom. The van der Waals surface area contributed by atoms with Gasteiger partial charge in [0.2, 0.25) is 0 Å². The Labute approximate surface area is 98.8 Å². The van der Waals surface area contributed by atoms with Crippen molar-refractivity contribution < 1.29 is 28.2 Å². The first-order valence-corrected chi connectivity index (χ1v) is 1.67. The van der Waals surface area contributed by atoms with Crippen molar-refractivity contribution in [1.82, 2.24) is 0 Å². The maximum absolute atomic E-state index is 10.4. The van der Waals surface area contributed by atoms with Crippen LogP contribution in [0.1, 0.15) is 0 Å². The number of hydrogen-bond acceptors (Lipinski definition) is 3. The van der Waals surface area contributed by atoms with Crippen molar-refractivity contribution in [2.45, 2.75) is 0 Å². The molecule has 0 heterocycles. The Balaban J connectivity index is -0.000000149. The predicted octanol–water partition coefficient (Wildman–Crippen LogP) is 0.828. The van der Waals surface area contributed by atoms with Crippen molar-refractivity contribution in [1.29, 1.82) is 0 Å². The van der Waals surface area contributed by atoms with Gasteiger partial charge in [0, 0.05) is 0 Å². The van der Waals surface area contributed by atoms with Crippen molar-refractivity contribution >= 4 is 58.7 Å². The predicted molar refractivity (Wildman–Crippen MR) is 30.7 cm³/mol. The molecule has 0 aliphatic rings. The van der Waals surface area contributed by atoms with Gasteiger partial charge in [-0.3, -0.25) is 0 Å². The van der Waals surface area contributed by atoms with Gasteiger partial charge in [-0.1, -0.05) is 13.6 Å². The number of hydrogen-bond donors (Lipinski definition) is 0. The van der Waals surface area contributed by atoms with Crippen molar-refractivity contribution in [3.8, 4) is 0 Å². The van der Waals surface area contributed by atoms with Crippen LogP contribution in [0.15, 0.2) is 13.2 Å². The molecule has 0 aliphatic carbocycles. The molecule has 0 fully saturated rings. The molecule has 8 heteroatoms. The Morgan fingerprint density at radius 2 is 1.10 bits per heavy atom. The fourth-order valence-corrected chi connectivity index (χ4v) is 0.0412.